The van der Waals surface area contributed by atoms with Crippen LogP contribution in [-0.2, 0) is 4.79 Å². The number of carbonyl (C=O) groups is 1. The van der Waals surface area contributed by atoms with E-state index in [1.807, 2.05) is 0 Å². The molecule has 3 aliphatic heterocycles. The smallest absolute Gasteiger partial charge is 0.228 e. The number of rotatable bonds is 2. The van der Waals surface area contributed by atoms with Gasteiger partial charge in [-0.25, -0.2) is 0 Å². The Balaban J connectivity index is 1.53. The summed E-state index contributed by atoms with van der Waals surface area (Å²) in [6.45, 7) is 6.24. The van der Waals surface area contributed by atoms with Gasteiger partial charge in [-0.1, -0.05) is 0 Å². The quantitative estimate of drug-likeness (QED) is 0.710. The minimum atomic E-state index is 0.275. The minimum absolute atomic E-state index is 0.275. The lowest BCUT2D eigenvalue weighted by Gasteiger charge is -2.31. The summed E-state index contributed by atoms with van der Waals surface area (Å²) in [7, 11) is 0. The van der Waals surface area contributed by atoms with Crippen LogP contribution in [0.1, 0.15) is 19.3 Å². The highest BCUT2D eigenvalue weighted by molar-refractivity contribution is 5.80. The lowest BCUT2D eigenvalue weighted by atomic mass is 10.0. The highest BCUT2D eigenvalue weighted by atomic mass is 16.2. The van der Waals surface area contributed by atoms with E-state index < -0.39 is 0 Å². The first-order chi connectivity index (χ1) is 7.84. The van der Waals surface area contributed by atoms with Crippen LogP contribution in [0.3, 0.4) is 0 Å². The predicted octanol–water partition coefficient (Wildman–Crippen LogP) is -0.0975. The Bertz CT molecular complexity index is 271. The molecular formula is C12H21N3O. The van der Waals surface area contributed by atoms with Crippen LogP contribution in [0.25, 0.3) is 0 Å². The second-order valence-corrected chi connectivity index (χ2v) is 5.32. The summed E-state index contributed by atoms with van der Waals surface area (Å²) >= 11 is 0. The maximum absolute atomic E-state index is 12.1. The van der Waals surface area contributed by atoms with Crippen LogP contribution in [-0.4, -0.2) is 61.0 Å². The molecule has 1 N–H and O–H groups in total. The van der Waals surface area contributed by atoms with E-state index in [0.29, 0.717) is 11.9 Å². The zero-order valence-corrected chi connectivity index (χ0v) is 9.82. The first kappa shape index (κ1) is 10.5. The lowest BCUT2D eigenvalue weighted by Crippen LogP contribution is -2.52. The molecule has 3 aliphatic rings. The summed E-state index contributed by atoms with van der Waals surface area (Å²) < 4.78 is 0. The molecule has 3 heterocycles. The summed E-state index contributed by atoms with van der Waals surface area (Å²) in [5.41, 5.74) is 0. The third kappa shape index (κ3) is 1.84. The molecule has 0 radical (unpaired) electrons. The summed E-state index contributed by atoms with van der Waals surface area (Å²) in [5.74, 6) is 0.665. The van der Waals surface area contributed by atoms with Crippen molar-refractivity contribution in [3.63, 3.8) is 0 Å². The predicted molar refractivity (Wildman–Crippen MR) is 62.2 cm³/mol. The normalized spacial score (nSPS) is 32.0. The molecule has 0 aromatic rings. The van der Waals surface area contributed by atoms with Crippen LogP contribution in [0.2, 0.25) is 0 Å². The van der Waals surface area contributed by atoms with Crippen LogP contribution in [0.15, 0.2) is 0 Å². The Morgan fingerprint density at radius 1 is 1.12 bits per heavy atom. The molecule has 0 aromatic carbocycles. The van der Waals surface area contributed by atoms with Crippen molar-refractivity contribution in [2.24, 2.45) is 5.92 Å². The molecule has 3 fully saturated rings. The summed E-state index contributed by atoms with van der Waals surface area (Å²) in [4.78, 5) is 16.7. The molecule has 1 amide bonds. The van der Waals surface area contributed by atoms with Gasteiger partial charge in [-0.2, -0.15) is 0 Å². The first-order valence-corrected chi connectivity index (χ1v) is 6.58. The number of hydrogen-bond acceptors (Lipinski definition) is 3. The van der Waals surface area contributed by atoms with Gasteiger partial charge in [0.2, 0.25) is 5.91 Å². The fraction of sp³-hybridized carbons (Fsp3) is 0.917. The van der Waals surface area contributed by atoms with Crippen LogP contribution < -0.4 is 5.32 Å². The maximum Gasteiger partial charge on any atom is 0.228 e. The summed E-state index contributed by atoms with van der Waals surface area (Å²) in [6.07, 6.45) is 3.87. The Labute approximate surface area is 97.0 Å². The Kier molecular flexibility index (Phi) is 2.86. The largest absolute Gasteiger partial charge is 0.341 e. The molecule has 0 bridgehead atoms. The molecule has 0 aliphatic carbocycles. The van der Waals surface area contributed by atoms with E-state index in [1.54, 1.807) is 0 Å². The zero-order valence-electron chi connectivity index (χ0n) is 9.82. The molecule has 0 spiro atoms. The van der Waals surface area contributed by atoms with Crippen LogP contribution >= 0.6 is 0 Å². The van der Waals surface area contributed by atoms with Crippen LogP contribution in [0.4, 0.5) is 0 Å². The van der Waals surface area contributed by atoms with Crippen molar-refractivity contribution in [3.05, 3.63) is 0 Å². The van der Waals surface area contributed by atoms with E-state index in [9.17, 15) is 4.79 Å². The molecule has 1 atom stereocenters. The lowest BCUT2D eigenvalue weighted by molar-refractivity contribution is -0.136. The van der Waals surface area contributed by atoms with Gasteiger partial charge in [-0.05, 0) is 32.4 Å². The number of carbonyl (C=O) groups excluding carboxylic acids is 1. The molecule has 90 valence electrons. The molecule has 16 heavy (non-hydrogen) atoms. The third-order valence-corrected chi connectivity index (χ3v) is 4.26. The fourth-order valence-electron chi connectivity index (χ4n) is 3.07. The molecule has 4 nitrogen and oxygen atoms in total. The second kappa shape index (κ2) is 4.34. The number of nitrogens with one attached hydrogen (secondary N) is 1. The van der Waals surface area contributed by atoms with Gasteiger partial charge in [-0.3, -0.25) is 9.69 Å². The average Bonchev–Trinajstić information content (AvgIpc) is 2.86. The van der Waals surface area contributed by atoms with Crippen LogP contribution in [0.5, 0.6) is 0 Å². The van der Waals surface area contributed by atoms with Gasteiger partial charge < -0.3 is 10.2 Å². The van der Waals surface area contributed by atoms with Gasteiger partial charge in [0.05, 0.1) is 5.92 Å². The van der Waals surface area contributed by atoms with E-state index in [4.69, 9.17) is 0 Å². The highest BCUT2D eigenvalue weighted by Crippen LogP contribution is 2.22. The van der Waals surface area contributed by atoms with Gasteiger partial charge >= 0.3 is 0 Å². The zero-order chi connectivity index (χ0) is 11.0. The Morgan fingerprint density at radius 3 is 2.50 bits per heavy atom. The number of amides is 1. The number of hydrogen-bond donors (Lipinski definition) is 1. The van der Waals surface area contributed by atoms with E-state index in [2.05, 4.69) is 15.1 Å². The van der Waals surface area contributed by atoms with Crippen molar-refractivity contribution in [2.45, 2.75) is 25.3 Å². The Hall–Kier alpha value is -0.610. The fourth-order valence-corrected chi connectivity index (χ4v) is 3.07. The van der Waals surface area contributed by atoms with E-state index in [0.717, 1.165) is 26.2 Å². The SMILES string of the molecule is O=C(C1CNC1)N1CCC(N2CCCC2)C1. The maximum atomic E-state index is 12.1. The van der Waals surface area contributed by atoms with E-state index in [1.165, 1.54) is 32.4 Å². The molecule has 3 saturated heterocycles. The highest BCUT2D eigenvalue weighted by Gasteiger charge is 2.35. The van der Waals surface area contributed by atoms with E-state index >= 15 is 0 Å². The van der Waals surface area contributed by atoms with Crippen LogP contribution in [0, 0.1) is 5.92 Å². The van der Waals surface area contributed by atoms with Gasteiger partial charge in [-0.15, -0.1) is 0 Å². The summed E-state index contributed by atoms with van der Waals surface area (Å²) in [5, 5.41) is 3.17. The molecule has 3 rings (SSSR count). The van der Waals surface area contributed by atoms with Crippen molar-refractivity contribution in [1.82, 2.24) is 15.1 Å². The topological polar surface area (TPSA) is 35.6 Å². The first-order valence-electron chi connectivity index (χ1n) is 6.58. The minimum Gasteiger partial charge on any atom is -0.341 e. The number of likely N-dealkylation sites (tertiary alicyclic amines) is 2. The van der Waals surface area contributed by atoms with Gasteiger partial charge in [0.15, 0.2) is 0 Å². The van der Waals surface area contributed by atoms with Crippen molar-refractivity contribution in [2.75, 3.05) is 39.3 Å². The average molecular weight is 223 g/mol. The monoisotopic (exact) mass is 223 g/mol. The van der Waals surface area contributed by atoms with Gasteiger partial charge in [0.1, 0.15) is 0 Å². The molecular weight excluding hydrogens is 202 g/mol. The van der Waals surface area contributed by atoms with Gasteiger partial charge in [0.25, 0.3) is 0 Å². The number of nitrogens with zero attached hydrogens (tertiary/aromatic N) is 2. The van der Waals surface area contributed by atoms with Crippen molar-refractivity contribution in [1.29, 1.82) is 0 Å². The van der Waals surface area contributed by atoms with Gasteiger partial charge in [0, 0.05) is 32.2 Å². The van der Waals surface area contributed by atoms with Crippen molar-refractivity contribution < 1.29 is 4.79 Å². The standard InChI is InChI=1S/C12H21N3O/c16-12(10-7-13-8-10)15-6-3-11(9-15)14-4-1-2-5-14/h10-11,13H,1-9H2. The van der Waals surface area contributed by atoms with Crippen molar-refractivity contribution >= 4 is 5.91 Å². The molecule has 0 saturated carbocycles. The Morgan fingerprint density at radius 2 is 1.88 bits per heavy atom. The summed E-state index contributed by atoms with van der Waals surface area (Å²) in [6, 6.07) is 0.652. The van der Waals surface area contributed by atoms with Crippen molar-refractivity contribution in [3.8, 4) is 0 Å². The van der Waals surface area contributed by atoms with E-state index in [-0.39, 0.29) is 5.92 Å². The third-order valence-electron chi connectivity index (χ3n) is 4.26. The molecule has 4 heteroatoms. The second-order valence-electron chi connectivity index (χ2n) is 5.32. The molecule has 0 aromatic heterocycles. The molecule has 1 unspecified atom stereocenters.